The fraction of sp³-hybridized carbons (Fsp3) is 0.700. The van der Waals surface area contributed by atoms with E-state index in [9.17, 15) is 8.78 Å². The molecule has 0 heterocycles. The normalized spacial score (nSPS) is 14.0. The lowest BCUT2D eigenvalue weighted by Crippen LogP contribution is -1.98. The van der Waals surface area contributed by atoms with Crippen LogP contribution in [0.2, 0.25) is 0 Å². The van der Waals surface area contributed by atoms with Crippen molar-refractivity contribution < 1.29 is 8.78 Å². The van der Waals surface area contributed by atoms with Crippen molar-refractivity contribution in [2.45, 2.75) is 46.5 Å². The fourth-order valence-corrected chi connectivity index (χ4v) is 0.826. The molecule has 0 atom stereocenters. The van der Waals surface area contributed by atoms with Gasteiger partial charge in [0.25, 0.3) is 6.43 Å². The molecule has 0 saturated carbocycles. The highest BCUT2D eigenvalue weighted by molar-refractivity contribution is 5.59. The second-order valence-corrected chi connectivity index (χ2v) is 2.92. The summed E-state index contributed by atoms with van der Waals surface area (Å²) in [6.07, 6.45) is 1.44. The van der Waals surface area contributed by atoms with Gasteiger partial charge in [-0.2, -0.15) is 0 Å². The first kappa shape index (κ1) is 12.3. The average molecular weight is 189 g/mol. The van der Waals surface area contributed by atoms with E-state index in [-0.39, 0.29) is 5.70 Å². The summed E-state index contributed by atoms with van der Waals surface area (Å²) >= 11 is 0. The molecule has 0 rings (SSSR count). The Hall–Kier alpha value is -0.730. The number of rotatable bonds is 5. The largest absolute Gasteiger partial charge is 0.280 e. The minimum atomic E-state index is -2.45. The van der Waals surface area contributed by atoms with E-state index in [0.29, 0.717) is 12.0 Å². The highest BCUT2D eigenvalue weighted by atomic mass is 19.3. The van der Waals surface area contributed by atoms with E-state index >= 15 is 0 Å². The Morgan fingerprint density at radius 3 is 2.38 bits per heavy atom. The molecule has 0 N–H and O–H groups in total. The fourth-order valence-electron chi connectivity index (χ4n) is 0.826. The third-order valence-corrected chi connectivity index (χ3v) is 1.82. The van der Waals surface area contributed by atoms with Crippen LogP contribution in [0.25, 0.3) is 0 Å². The predicted molar refractivity (Wildman–Crippen MR) is 52.4 cm³/mol. The van der Waals surface area contributed by atoms with E-state index in [0.717, 1.165) is 12.8 Å². The molecule has 0 fully saturated rings. The van der Waals surface area contributed by atoms with Crippen LogP contribution in [0.15, 0.2) is 16.3 Å². The molecule has 13 heavy (non-hydrogen) atoms. The molecule has 0 aliphatic rings. The maximum absolute atomic E-state index is 12.4. The highest BCUT2D eigenvalue weighted by Gasteiger charge is 2.11. The van der Waals surface area contributed by atoms with Crippen molar-refractivity contribution in [1.82, 2.24) is 0 Å². The number of unbranched alkanes of at least 4 members (excludes halogenated alkanes) is 1. The summed E-state index contributed by atoms with van der Waals surface area (Å²) in [6, 6.07) is 0. The van der Waals surface area contributed by atoms with Crippen LogP contribution in [0.1, 0.15) is 40.0 Å². The van der Waals surface area contributed by atoms with Gasteiger partial charge in [0.15, 0.2) is 0 Å². The molecule has 76 valence electrons. The standard InChI is InChI=1S/C10H17F2N/c1-4-6-7-13-9(10(11)12)8(3)5-2/h7,10H,4-6H2,1-3H3/b9-8+,13-7+. The summed E-state index contributed by atoms with van der Waals surface area (Å²) in [5.74, 6) is 0. The zero-order valence-corrected chi connectivity index (χ0v) is 8.48. The lowest BCUT2D eigenvalue weighted by molar-refractivity contribution is 0.186. The Balaban J connectivity index is 4.44. The van der Waals surface area contributed by atoms with Crippen molar-refractivity contribution in [1.29, 1.82) is 0 Å². The van der Waals surface area contributed by atoms with Gasteiger partial charge in [0.2, 0.25) is 0 Å². The van der Waals surface area contributed by atoms with Gasteiger partial charge in [0.05, 0.1) is 0 Å². The summed E-state index contributed by atoms with van der Waals surface area (Å²) in [5, 5.41) is 0. The monoisotopic (exact) mass is 189 g/mol. The first-order chi connectivity index (χ1) is 6.13. The zero-order valence-electron chi connectivity index (χ0n) is 8.48. The molecule has 3 heteroatoms. The predicted octanol–water partition coefficient (Wildman–Crippen LogP) is 3.81. The molecule has 1 nitrogen and oxygen atoms in total. The number of alkyl halides is 2. The van der Waals surface area contributed by atoms with Gasteiger partial charge in [-0.1, -0.05) is 20.3 Å². The van der Waals surface area contributed by atoms with E-state index < -0.39 is 6.43 Å². The van der Waals surface area contributed by atoms with Gasteiger partial charge in [-0.15, -0.1) is 0 Å². The molecular weight excluding hydrogens is 172 g/mol. The number of halogens is 2. The Bertz CT molecular complexity index is 195. The van der Waals surface area contributed by atoms with E-state index in [2.05, 4.69) is 4.99 Å². The lowest BCUT2D eigenvalue weighted by atomic mass is 10.2. The SMILES string of the molecule is CCC/C=N/C(=C(\C)CC)C(F)F. The number of aliphatic imine (C=N–C) groups is 1. The van der Waals surface area contributed by atoms with Gasteiger partial charge in [0.1, 0.15) is 5.70 Å². The molecule has 0 aliphatic heterocycles. The summed E-state index contributed by atoms with van der Waals surface area (Å²) < 4.78 is 24.8. The topological polar surface area (TPSA) is 12.4 Å². The first-order valence-corrected chi connectivity index (χ1v) is 4.63. The number of hydrogen-bond donors (Lipinski definition) is 0. The third-order valence-electron chi connectivity index (χ3n) is 1.82. The van der Waals surface area contributed by atoms with E-state index in [1.807, 2.05) is 13.8 Å². The quantitative estimate of drug-likeness (QED) is 0.583. The van der Waals surface area contributed by atoms with Gasteiger partial charge < -0.3 is 0 Å². The molecule has 0 aromatic carbocycles. The van der Waals surface area contributed by atoms with Crippen molar-refractivity contribution in [2.24, 2.45) is 4.99 Å². The smallest absolute Gasteiger partial charge is 0.260 e. The van der Waals surface area contributed by atoms with Crippen molar-refractivity contribution in [3.05, 3.63) is 11.3 Å². The van der Waals surface area contributed by atoms with Crippen LogP contribution in [-0.2, 0) is 0 Å². The van der Waals surface area contributed by atoms with Crippen molar-refractivity contribution in [3.63, 3.8) is 0 Å². The molecule has 0 bridgehead atoms. The summed E-state index contributed by atoms with van der Waals surface area (Å²) in [5.41, 5.74) is 0.610. The van der Waals surface area contributed by atoms with E-state index in [1.165, 1.54) is 0 Å². The molecule has 0 spiro atoms. The molecule has 0 aliphatic carbocycles. The van der Waals surface area contributed by atoms with Gasteiger partial charge in [0, 0.05) is 6.21 Å². The molecule has 0 radical (unpaired) electrons. The van der Waals surface area contributed by atoms with Gasteiger partial charge >= 0.3 is 0 Å². The maximum atomic E-state index is 12.4. The minimum absolute atomic E-state index is 0.0593. The third kappa shape index (κ3) is 4.76. The van der Waals surface area contributed by atoms with Crippen LogP contribution < -0.4 is 0 Å². The molecule has 0 unspecified atom stereocenters. The lowest BCUT2D eigenvalue weighted by Gasteiger charge is -2.04. The summed E-state index contributed by atoms with van der Waals surface area (Å²) in [4.78, 5) is 3.79. The van der Waals surface area contributed by atoms with Crippen LogP contribution in [0.5, 0.6) is 0 Å². The van der Waals surface area contributed by atoms with E-state index in [1.54, 1.807) is 13.1 Å². The number of allylic oxidation sites excluding steroid dienone is 2. The number of nitrogens with zero attached hydrogens (tertiary/aromatic N) is 1. The van der Waals surface area contributed by atoms with Crippen LogP contribution in [0, 0.1) is 0 Å². The average Bonchev–Trinajstić information content (AvgIpc) is 2.11. The van der Waals surface area contributed by atoms with Crippen LogP contribution in [0.3, 0.4) is 0 Å². The first-order valence-electron chi connectivity index (χ1n) is 4.63. The molecule has 0 aromatic heterocycles. The summed E-state index contributed by atoms with van der Waals surface area (Å²) in [7, 11) is 0. The molecule has 0 saturated heterocycles. The Morgan fingerprint density at radius 1 is 1.38 bits per heavy atom. The van der Waals surface area contributed by atoms with Crippen molar-refractivity contribution in [3.8, 4) is 0 Å². The Morgan fingerprint density at radius 2 is 2.00 bits per heavy atom. The second kappa shape index (κ2) is 6.75. The van der Waals surface area contributed by atoms with Crippen LogP contribution in [-0.4, -0.2) is 12.6 Å². The second-order valence-electron chi connectivity index (χ2n) is 2.92. The van der Waals surface area contributed by atoms with Crippen LogP contribution in [0.4, 0.5) is 8.78 Å². The number of hydrogen-bond acceptors (Lipinski definition) is 1. The zero-order chi connectivity index (χ0) is 10.3. The highest BCUT2D eigenvalue weighted by Crippen LogP contribution is 2.17. The molecule has 0 amide bonds. The van der Waals surface area contributed by atoms with Crippen LogP contribution >= 0.6 is 0 Å². The Labute approximate surface area is 78.6 Å². The maximum Gasteiger partial charge on any atom is 0.280 e. The molecular formula is C10H17F2N. The van der Waals surface area contributed by atoms with Gasteiger partial charge in [-0.3, -0.25) is 4.99 Å². The minimum Gasteiger partial charge on any atom is -0.260 e. The van der Waals surface area contributed by atoms with Gasteiger partial charge in [-0.25, -0.2) is 8.78 Å². The van der Waals surface area contributed by atoms with Crippen molar-refractivity contribution in [2.75, 3.05) is 0 Å². The van der Waals surface area contributed by atoms with Gasteiger partial charge in [-0.05, 0) is 25.3 Å². The Kier molecular flexibility index (Phi) is 6.37. The van der Waals surface area contributed by atoms with E-state index in [4.69, 9.17) is 0 Å². The molecule has 0 aromatic rings. The van der Waals surface area contributed by atoms with Crippen molar-refractivity contribution >= 4 is 6.21 Å². The summed E-state index contributed by atoms with van der Waals surface area (Å²) in [6.45, 7) is 5.54.